The van der Waals surface area contributed by atoms with E-state index in [1.165, 1.54) is 0 Å². The third-order valence-corrected chi connectivity index (χ3v) is 7.73. The van der Waals surface area contributed by atoms with E-state index in [0.29, 0.717) is 12.5 Å². The van der Waals surface area contributed by atoms with Gasteiger partial charge in [-0.25, -0.2) is 4.98 Å². The Morgan fingerprint density at radius 1 is 1.44 bits per heavy atom. The van der Waals surface area contributed by atoms with E-state index in [0.717, 1.165) is 17.3 Å². The van der Waals surface area contributed by atoms with Crippen molar-refractivity contribution in [2.45, 2.75) is 44.8 Å². The molecule has 0 aromatic carbocycles. The molecule has 0 bridgehead atoms. The second kappa shape index (κ2) is 6.17. The molecular formula is C13H22BrNO2Si. The lowest BCUT2D eigenvalue weighted by atomic mass is 10.1. The first-order valence-corrected chi connectivity index (χ1v) is 9.94. The lowest BCUT2D eigenvalue weighted by molar-refractivity contribution is 0.283. The van der Waals surface area contributed by atoms with Crippen molar-refractivity contribution in [3.8, 4) is 5.88 Å². The van der Waals surface area contributed by atoms with Crippen LogP contribution in [0.2, 0.25) is 18.1 Å². The molecule has 102 valence electrons. The number of hydrogen-bond acceptors (Lipinski definition) is 3. The number of ether oxygens (including phenoxy) is 1. The van der Waals surface area contributed by atoms with E-state index in [4.69, 9.17) is 4.74 Å². The van der Waals surface area contributed by atoms with Gasteiger partial charge in [-0.3, -0.25) is 0 Å². The van der Waals surface area contributed by atoms with E-state index >= 15 is 0 Å². The average molecular weight is 332 g/mol. The highest BCUT2D eigenvalue weighted by Gasteiger charge is 2.37. The molecule has 1 aromatic heterocycles. The van der Waals surface area contributed by atoms with Crippen molar-refractivity contribution in [3.63, 3.8) is 0 Å². The molecule has 1 heterocycles. The van der Waals surface area contributed by atoms with Crippen molar-refractivity contribution in [1.82, 2.24) is 4.98 Å². The molecule has 1 rings (SSSR count). The molecule has 5 heteroatoms. The van der Waals surface area contributed by atoms with Gasteiger partial charge < -0.3 is 9.53 Å². The van der Waals surface area contributed by atoms with Crippen LogP contribution in [0.5, 0.6) is 5.88 Å². The number of halogens is 1. The van der Waals surface area contributed by atoms with Gasteiger partial charge in [0.25, 0.3) is 0 Å². The van der Waals surface area contributed by atoms with Gasteiger partial charge in [-0.15, -0.1) is 0 Å². The number of aromatic nitrogens is 1. The lowest BCUT2D eigenvalue weighted by Gasteiger charge is -2.35. The summed E-state index contributed by atoms with van der Waals surface area (Å²) in [6, 6.07) is 3.77. The topological polar surface area (TPSA) is 42.4 Å². The van der Waals surface area contributed by atoms with Crippen molar-refractivity contribution >= 4 is 24.2 Å². The van der Waals surface area contributed by atoms with Crippen LogP contribution in [0, 0.1) is 0 Å². The average Bonchev–Trinajstić information content (AvgIpc) is 2.25. The van der Waals surface area contributed by atoms with Crippen LogP contribution < -0.4 is 4.74 Å². The summed E-state index contributed by atoms with van der Waals surface area (Å²) < 4.78 is 6.50. The Bertz CT molecular complexity index is 391. The smallest absolute Gasteiger partial charge is 0.227 e. The molecule has 0 aliphatic heterocycles. The van der Waals surface area contributed by atoms with Crippen molar-refractivity contribution in [3.05, 3.63) is 22.8 Å². The molecule has 0 saturated carbocycles. The van der Waals surface area contributed by atoms with Gasteiger partial charge in [0.2, 0.25) is 5.88 Å². The number of hydrogen-bond donors (Lipinski definition) is 1. The van der Waals surface area contributed by atoms with Crippen molar-refractivity contribution in [2.75, 3.05) is 6.61 Å². The van der Waals surface area contributed by atoms with Gasteiger partial charge in [-0.2, -0.15) is 0 Å². The van der Waals surface area contributed by atoms with Crippen LogP contribution in [0.1, 0.15) is 26.7 Å². The van der Waals surface area contributed by atoms with E-state index in [1.54, 1.807) is 6.20 Å². The van der Waals surface area contributed by atoms with Gasteiger partial charge in [0.15, 0.2) is 8.32 Å². The normalized spacial score (nSPS) is 12.6. The highest BCUT2D eigenvalue weighted by atomic mass is 79.9. The molecule has 0 aliphatic carbocycles. The summed E-state index contributed by atoms with van der Waals surface area (Å²) in [6.07, 6.45) is 3.61. The van der Waals surface area contributed by atoms with Crippen molar-refractivity contribution in [1.29, 1.82) is 0 Å². The minimum atomic E-state index is -2.11. The van der Waals surface area contributed by atoms with E-state index in [1.807, 2.05) is 25.2 Å². The summed E-state index contributed by atoms with van der Waals surface area (Å²) in [4.78, 5) is 14.3. The van der Waals surface area contributed by atoms with Gasteiger partial charge in [0, 0.05) is 6.20 Å². The first-order valence-electron chi connectivity index (χ1n) is 6.20. The van der Waals surface area contributed by atoms with Crippen LogP contribution in [-0.2, 0) is 0 Å². The van der Waals surface area contributed by atoms with E-state index in [9.17, 15) is 4.80 Å². The van der Waals surface area contributed by atoms with Gasteiger partial charge in [-0.05, 0) is 59.0 Å². The molecule has 0 spiro atoms. The molecular weight excluding hydrogens is 310 g/mol. The zero-order valence-corrected chi connectivity index (χ0v) is 14.1. The molecule has 1 N–H and O–H groups in total. The van der Waals surface area contributed by atoms with Crippen molar-refractivity contribution < 1.29 is 9.53 Å². The Morgan fingerprint density at radius 2 is 2.11 bits per heavy atom. The minimum absolute atomic E-state index is 0.0116. The van der Waals surface area contributed by atoms with Crippen LogP contribution in [0.15, 0.2) is 22.8 Å². The monoisotopic (exact) mass is 331 g/mol. The quantitative estimate of drug-likeness (QED) is 0.633. The maximum atomic E-state index is 10.2. The summed E-state index contributed by atoms with van der Waals surface area (Å²) >= 11 is 3.40. The largest absolute Gasteiger partial charge is 0.477 e. The second-order valence-corrected chi connectivity index (χ2v) is 11.0. The fourth-order valence-electron chi connectivity index (χ4n) is 1.47. The van der Waals surface area contributed by atoms with Crippen LogP contribution >= 0.6 is 15.9 Å². The molecule has 18 heavy (non-hydrogen) atoms. The third kappa shape index (κ3) is 4.37. The number of rotatable bonds is 6. The van der Waals surface area contributed by atoms with E-state index in [2.05, 4.69) is 34.8 Å². The first kappa shape index (κ1) is 15.7. The molecule has 0 radical (unpaired) electrons. The van der Waals surface area contributed by atoms with Gasteiger partial charge in [0.05, 0.1) is 11.1 Å². The summed E-state index contributed by atoms with van der Waals surface area (Å²) in [5.74, 6) is 0.635. The van der Waals surface area contributed by atoms with E-state index < -0.39 is 8.32 Å². The fraction of sp³-hybridized carbons (Fsp3) is 0.615. The molecule has 3 nitrogen and oxygen atoms in total. The summed E-state index contributed by atoms with van der Waals surface area (Å²) in [6.45, 7) is 8.88. The molecule has 0 aliphatic rings. The first-order chi connectivity index (χ1) is 8.24. The van der Waals surface area contributed by atoms with Crippen LogP contribution in [0.4, 0.5) is 0 Å². The third-order valence-electron chi connectivity index (χ3n) is 3.57. The SMILES string of the molecule is CC(C)(CCCOc1ncccc1Br)[Si](C)(C)O. The predicted octanol–water partition coefficient (Wildman–Crippen LogP) is 3.98. The van der Waals surface area contributed by atoms with Gasteiger partial charge in [-0.1, -0.05) is 13.8 Å². The minimum Gasteiger partial charge on any atom is -0.477 e. The number of pyridine rings is 1. The molecule has 0 fully saturated rings. The predicted molar refractivity (Wildman–Crippen MR) is 80.4 cm³/mol. The van der Waals surface area contributed by atoms with Crippen molar-refractivity contribution in [2.24, 2.45) is 0 Å². The van der Waals surface area contributed by atoms with Crippen LogP contribution in [0.25, 0.3) is 0 Å². The zero-order valence-electron chi connectivity index (χ0n) is 11.5. The van der Waals surface area contributed by atoms with Gasteiger partial charge in [0.1, 0.15) is 0 Å². The van der Waals surface area contributed by atoms with Crippen LogP contribution in [-0.4, -0.2) is 24.7 Å². The Hall–Kier alpha value is -0.393. The Labute approximate surface area is 119 Å². The molecule has 0 saturated heterocycles. The molecule has 1 aromatic rings. The maximum absolute atomic E-state index is 10.2. The molecule has 0 atom stereocenters. The summed E-state index contributed by atoms with van der Waals surface area (Å²) in [5.41, 5.74) is 0. The zero-order chi connectivity index (χ0) is 13.8. The lowest BCUT2D eigenvalue weighted by Crippen LogP contribution is -2.39. The highest BCUT2D eigenvalue weighted by Crippen LogP contribution is 2.39. The summed E-state index contributed by atoms with van der Waals surface area (Å²) in [7, 11) is -2.11. The molecule has 0 unspecified atom stereocenters. The Kier molecular flexibility index (Phi) is 5.37. The highest BCUT2D eigenvalue weighted by molar-refractivity contribution is 9.10. The maximum Gasteiger partial charge on any atom is 0.227 e. The van der Waals surface area contributed by atoms with E-state index in [-0.39, 0.29) is 5.04 Å². The fourth-order valence-corrected chi connectivity index (χ4v) is 2.62. The Balaban J connectivity index is 2.38. The summed E-state index contributed by atoms with van der Waals surface area (Å²) in [5, 5.41) is 0.0116. The Morgan fingerprint density at radius 3 is 2.67 bits per heavy atom. The standard InChI is InChI=1S/C13H22BrNO2Si/c1-13(2,18(3,4)16)8-6-10-17-12-11(14)7-5-9-15-12/h5,7,9,16H,6,8,10H2,1-4H3. The van der Waals surface area contributed by atoms with Crippen LogP contribution in [0.3, 0.4) is 0 Å². The van der Waals surface area contributed by atoms with Gasteiger partial charge >= 0.3 is 0 Å². The second-order valence-electron chi connectivity index (χ2n) is 5.69. The number of nitrogens with zero attached hydrogens (tertiary/aromatic N) is 1. The molecule has 0 amide bonds.